The summed E-state index contributed by atoms with van der Waals surface area (Å²) in [7, 11) is 0. The second-order valence-corrected chi connectivity index (χ2v) is 6.37. The summed E-state index contributed by atoms with van der Waals surface area (Å²) >= 11 is 0. The fourth-order valence-corrected chi connectivity index (χ4v) is 2.52. The topological polar surface area (TPSA) is 97.1 Å². The SMILES string of the molecule is NC(CNC(=O)CC1CC1)c1ccc(C(=O)Nc2ccncc2)cc1. The van der Waals surface area contributed by atoms with Crippen LogP contribution >= 0.6 is 0 Å². The van der Waals surface area contributed by atoms with Crippen molar-refractivity contribution in [1.29, 1.82) is 0 Å². The van der Waals surface area contributed by atoms with Crippen molar-refractivity contribution in [1.82, 2.24) is 10.3 Å². The minimum absolute atomic E-state index is 0.0614. The van der Waals surface area contributed by atoms with Crippen LogP contribution in [0.4, 0.5) is 5.69 Å². The molecule has 1 fully saturated rings. The van der Waals surface area contributed by atoms with Crippen molar-refractivity contribution in [2.24, 2.45) is 11.7 Å². The van der Waals surface area contributed by atoms with Crippen molar-refractivity contribution in [2.45, 2.75) is 25.3 Å². The van der Waals surface area contributed by atoms with Crippen LogP contribution in [-0.2, 0) is 4.79 Å². The summed E-state index contributed by atoms with van der Waals surface area (Å²) < 4.78 is 0. The largest absolute Gasteiger partial charge is 0.354 e. The maximum atomic E-state index is 12.2. The van der Waals surface area contributed by atoms with Gasteiger partial charge in [0.1, 0.15) is 0 Å². The minimum Gasteiger partial charge on any atom is -0.354 e. The third-order valence-electron chi connectivity index (χ3n) is 4.23. The number of nitrogens with one attached hydrogen (secondary N) is 2. The summed E-state index contributed by atoms with van der Waals surface area (Å²) in [5.74, 6) is 0.435. The number of benzene rings is 1. The molecule has 1 heterocycles. The van der Waals surface area contributed by atoms with E-state index in [-0.39, 0.29) is 17.9 Å². The molecule has 1 saturated carbocycles. The molecule has 1 aliphatic rings. The van der Waals surface area contributed by atoms with E-state index in [1.54, 1.807) is 36.7 Å². The first-order valence-corrected chi connectivity index (χ1v) is 8.45. The summed E-state index contributed by atoms with van der Waals surface area (Å²) in [4.78, 5) is 27.8. The molecule has 130 valence electrons. The molecule has 6 nitrogen and oxygen atoms in total. The van der Waals surface area contributed by atoms with Crippen LogP contribution in [0.2, 0.25) is 0 Å². The number of nitrogens with two attached hydrogens (primary N) is 1. The van der Waals surface area contributed by atoms with Gasteiger partial charge >= 0.3 is 0 Å². The lowest BCUT2D eigenvalue weighted by Crippen LogP contribution is -2.32. The van der Waals surface area contributed by atoms with Crippen LogP contribution in [0, 0.1) is 5.92 Å². The molecule has 1 aromatic carbocycles. The molecule has 1 atom stereocenters. The summed E-state index contributed by atoms with van der Waals surface area (Å²) in [6.07, 6.45) is 6.15. The number of rotatable bonds is 7. The first-order chi connectivity index (χ1) is 12.1. The van der Waals surface area contributed by atoms with E-state index in [9.17, 15) is 9.59 Å². The Morgan fingerprint density at radius 2 is 1.80 bits per heavy atom. The maximum Gasteiger partial charge on any atom is 0.255 e. The van der Waals surface area contributed by atoms with Gasteiger partial charge in [-0.1, -0.05) is 12.1 Å². The molecule has 3 rings (SSSR count). The molecule has 2 aromatic rings. The van der Waals surface area contributed by atoms with Gasteiger partial charge in [-0.2, -0.15) is 0 Å². The van der Waals surface area contributed by atoms with Gasteiger partial charge in [-0.3, -0.25) is 14.6 Å². The second kappa shape index (κ2) is 7.90. The highest BCUT2D eigenvalue weighted by atomic mass is 16.2. The Bertz CT molecular complexity index is 727. The lowest BCUT2D eigenvalue weighted by molar-refractivity contribution is -0.121. The van der Waals surface area contributed by atoms with Gasteiger partial charge in [-0.15, -0.1) is 0 Å². The molecule has 1 aliphatic carbocycles. The zero-order chi connectivity index (χ0) is 17.6. The highest BCUT2D eigenvalue weighted by Gasteiger charge is 2.24. The van der Waals surface area contributed by atoms with E-state index in [1.807, 2.05) is 12.1 Å². The smallest absolute Gasteiger partial charge is 0.255 e. The summed E-state index contributed by atoms with van der Waals surface area (Å²) in [6.45, 7) is 0.397. The number of amides is 2. The summed E-state index contributed by atoms with van der Waals surface area (Å²) in [6, 6.07) is 10.3. The van der Waals surface area contributed by atoms with Crippen molar-refractivity contribution in [3.63, 3.8) is 0 Å². The monoisotopic (exact) mass is 338 g/mol. The average Bonchev–Trinajstić information content (AvgIpc) is 3.44. The summed E-state index contributed by atoms with van der Waals surface area (Å²) in [5.41, 5.74) is 8.24. The molecule has 0 bridgehead atoms. The number of hydrogen-bond acceptors (Lipinski definition) is 4. The summed E-state index contributed by atoms with van der Waals surface area (Å²) in [5, 5.41) is 5.68. The molecule has 6 heteroatoms. The molecular formula is C19H22N4O2. The molecule has 0 aliphatic heterocycles. The van der Waals surface area contributed by atoms with E-state index in [0.717, 1.165) is 18.4 Å². The third-order valence-corrected chi connectivity index (χ3v) is 4.23. The highest BCUT2D eigenvalue weighted by molar-refractivity contribution is 6.04. The van der Waals surface area contributed by atoms with Crippen LogP contribution in [0.3, 0.4) is 0 Å². The molecule has 25 heavy (non-hydrogen) atoms. The van der Waals surface area contributed by atoms with Crippen molar-refractivity contribution in [2.75, 3.05) is 11.9 Å². The first-order valence-electron chi connectivity index (χ1n) is 8.45. The predicted octanol–water partition coefficient (Wildman–Crippen LogP) is 2.25. The van der Waals surface area contributed by atoms with Crippen molar-refractivity contribution >= 4 is 17.5 Å². The standard InChI is InChI=1S/C19H22N4O2/c20-17(12-22-18(24)11-13-1-2-13)14-3-5-15(6-4-14)19(25)23-16-7-9-21-10-8-16/h3-10,13,17H,1-2,11-12,20H2,(H,22,24)(H,21,23,25). The normalized spacial score (nSPS) is 14.6. The molecule has 4 N–H and O–H groups in total. The quantitative estimate of drug-likeness (QED) is 0.721. The fourth-order valence-electron chi connectivity index (χ4n) is 2.52. The van der Waals surface area contributed by atoms with Gasteiger partial charge in [0.2, 0.25) is 5.91 Å². The van der Waals surface area contributed by atoms with Gasteiger partial charge in [0.25, 0.3) is 5.91 Å². The van der Waals surface area contributed by atoms with Gasteiger partial charge in [-0.25, -0.2) is 0 Å². The average molecular weight is 338 g/mol. The van der Waals surface area contributed by atoms with Crippen molar-refractivity contribution in [3.05, 3.63) is 59.9 Å². The van der Waals surface area contributed by atoms with E-state index in [1.165, 1.54) is 0 Å². The Morgan fingerprint density at radius 1 is 1.12 bits per heavy atom. The first kappa shape index (κ1) is 17.1. The van der Waals surface area contributed by atoms with Gasteiger partial charge in [-0.05, 0) is 48.6 Å². The van der Waals surface area contributed by atoms with E-state index in [4.69, 9.17) is 5.73 Å². The van der Waals surface area contributed by atoms with Gasteiger partial charge in [0, 0.05) is 42.7 Å². The maximum absolute atomic E-state index is 12.2. The Hall–Kier alpha value is -2.73. The van der Waals surface area contributed by atoms with E-state index in [2.05, 4.69) is 15.6 Å². The number of carbonyl (C=O) groups excluding carboxylic acids is 2. The van der Waals surface area contributed by atoms with E-state index in [0.29, 0.717) is 30.1 Å². The number of hydrogen-bond donors (Lipinski definition) is 3. The Morgan fingerprint density at radius 3 is 2.44 bits per heavy atom. The van der Waals surface area contributed by atoms with Crippen LogP contribution in [0.5, 0.6) is 0 Å². The van der Waals surface area contributed by atoms with Crippen molar-refractivity contribution < 1.29 is 9.59 Å². The zero-order valence-electron chi connectivity index (χ0n) is 13.9. The number of nitrogens with zero attached hydrogens (tertiary/aromatic N) is 1. The number of carbonyl (C=O) groups is 2. The van der Waals surface area contributed by atoms with Crippen LogP contribution in [0.15, 0.2) is 48.8 Å². The van der Waals surface area contributed by atoms with Gasteiger partial charge in [0.15, 0.2) is 0 Å². The van der Waals surface area contributed by atoms with Crippen LogP contribution in [-0.4, -0.2) is 23.3 Å². The van der Waals surface area contributed by atoms with Gasteiger partial charge in [0.05, 0.1) is 0 Å². The molecule has 2 amide bonds. The lowest BCUT2D eigenvalue weighted by atomic mass is 10.0. The number of aromatic nitrogens is 1. The Balaban J connectivity index is 1.51. The molecule has 0 saturated heterocycles. The zero-order valence-corrected chi connectivity index (χ0v) is 13.9. The third kappa shape index (κ3) is 5.12. The predicted molar refractivity (Wildman–Crippen MR) is 95.9 cm³/mol. The minimum atomic E-state index is -0.291. The van der Waals surface area contributed by atoms with Crippen LogP contribution < -0.4 is 16.4 Å². The molecular weight excluding hydrogens is 316 g/mol. The van der Waals surface area contributed by atoms with Crippen LogP contribution in [0.1, 0.15) is 41.2 Å². The van der Waals surface area contributed by atoms with Crippen molar-refractivity contribution in [3.8, 4) is 0 Å². The highest BCUT2D eigenvalue weighted by Crippen LogP contribution is 2.32. The number of pyridine rings is 1. The van der Waals surface area contributed by atoms with Crippen LogP contribution in [0.25, 0.3) is 0 Å². The molecule has 1 unspecified atom stereocenters. The molecule has 0 radical (unpaired) electrons. The lowest BCUT2D eigenvalue weighted by Gasteiger charge is -2.14. The molecule has 0 spiro atoms. The van der Waals surface area contributed by atoms with Gasteiger partial charge < -0.3 is 16.4 Å². The number of anilines is 1. The van der Waals surface area contributed by atoms with E-state index < -0.39 is 0 Å². The fraction of sp³-hybridized carbons (Fsp3) is 0.316. The Kier molecular flexibility index (Phi) is 5.40. The second-order valence-electron chi connectivity index (χ2n) is 6.37. The molecule has 1 aromatic heterocycles. The van der Waals surface area contributed by atoms with E-state index >= 15 is 0 Å². The Labute approximate surface area is 146 Å².